The Kier molecular flexibility index (Phi) is 9.99. The third-order valence-corrected chi connectivity index (χ3v) is 6.22. The van der Waals surface area contributed by atoms with Gasteiger partial charge in [0.25, 0.3) is 5.56 Å². The van der Waals surface area contributed by atoms with Gasteiger partial charge in [-0.1, -0.05) is 29.3 Å². The number of hydrogen-bond donors (Lipinski definition) is 3. The topological polar surface area (TPSA) is 123 Å². The third-order valence-electron chi connectivity index (χ3n) is 5.62. The fraction of sp³-hybridized carbons (Fsp3) is 0.333. The van der Waals surface area contributed by atoms with Crippen molar-refractivity contribution in [3.8, 4) is 0 Å². The number of aryl methyl sites for hydroxylation is 1. The molecule has 0 unspecified atom stereocenters. The van der Waals surface area contributed by atoms with E-state index in [1.807, 2.05) is 20.8 Å². The van der Waals surface area contributed by atoms with Crippen molar-refractivity contribution in [2.75, 3.05) is 5.43 Å². The minimum atomic E-state index is -0.783. The molecule has 2 aromatic carbocycles. The van der Waals surface area contributed by atoms with Crippen LogP contribution in [0, 0.1) is 12.7 Å². The summed E-state index contributed by atoms with van der Waals surface area (Å²) in [5, 5.41) is 6.10. The molecule has 0 aliphatic carbocycles. The molecule has 0 aliphatic heterocycles. The second kappa shape index (κ2) is 13.0. The summed E-state index contributed by atoms with van der Waals surface area (Å²) in [6, 6.07) is 9.92. The molecule has 0 bridgehead atoms. The van der Waals surface area contributed by atoms with Crippen molar-refractivity contribution in [1.29, 1.82) is 0 Å². The molecule has 0 atom stereocenters. The maximum absolute atomic E-state index is 13.6. The van der Waals surface area contributed by atoms with Gasteiger partial charge < -0.3 is 20.8 Å². The molecule has 0 saturated carbocycles. The van der Waals surface area contributed by atoms with Gasteiger partial charge in [0.15, 0.2) is 0 Å². The molecule has 10 nitrogen and oxygen atoms in total. The summed E-state index contributed by atoms with van der Waals surface area (Å²) >= 11 is 12.2. The molecule has 0 radical (unpaired) electrons. The third kappa shape index (κ3) is 8.59. The summed E-state index contributed by atoms with van der Waals surface area (Å²) in [6.07, 6.45) is -0.587. The van der Waals surface area contributed by atoms with Gasteiger partial charge in [-0.25, -0.2) is 14.0 Å². The number of benzene rings is 2. The first-order chi connectivity index (χ1) is 18.7. The zero-order valence-electron chi connectivity index (χ0n) is 22.4. The molecule has 3 rings (SSSR count). The van der Waals surface area contributed by atoms with Crippen molar-refractivity contribution in [3.05, 3.63) is 102 Å². The van der Waals surface area contributed by atoms with Gasteiger partial charge in [0, 0.05) is 33.9 Å². The average molecular weight is 594 g/mol. The van der Waals surface area contributed by atoms with E-state index < -0.39 is 34.6 Å². The number of nitrogens with one attached hydrogen (secondary N) is 3. The van der Waals surface area contributed by atoms with Crippen LogP contribution < -0.4 is 27.3 Å². The van der Waals surface area contributed by atoms with E-state index in [2.05, 4.69) is 16.1 Å². The van der Waals surface area contributed by atoms with Crippen molar-refractivity contribution in [3.63, 3.8) is 0 Å². The van der Waals surface area contributed by atoms with Crippen LogP contribution in [0.25, 0.3) is 0 Å². The van der Waals surface area contributed by atoms with E-state index >= 15 is 0 Å². The molecule has 3 N–H and O–H groups in total. The van der Waals surface area contributed by atoms with Gasteiger partial charge in [-0.15, -0.1) is 0 Å². The molecule has 0 spiro atoms. The van der Waals surface area contributed by atoms with E-state index in [-0.39, 0.29) is 37.0 Å². The summed E-state index contributed by atoms with van der Waals surface area (Å²) in [5.41, 5.74) is 2.62. The second-order valence-electron chi connectivity index (χ2n) is 10.0. The molecular weight excluding hydrogens is 564 g/mol. The Bertz CT molecular complexity index is 1530. The molecule has 0 aliphatic rings. The first kappa shape index (κ1) is 30.7. The molecule has 40 heavy (non-hydrogen) atoms. The normalized spacial score (nSPS) is 11.2. The van der Waals surface area contributed by atoms with Crippen LogP contribution in [0.5, 0.6) is 0 Å². The molecule has 0 fully saturated rings. The lowest BCUT2D eigenvalue weighted by Gasteiger charge is -2.20. The first-order valence-electron chi connectivity index (χ1n) is 12.2. The number of amides is 2. The number of hydrogen-bond acceptors (Lipinski definition) is 6. The Balaban J connectivity index is 1.70. The van der Waals surface area contributed by atoms with Crippen LogP contribution in [0.1, 0.15) is 43.2 Å². The van der Waals surface area contributed by atoms with E-state index in [0.29, 0.717) is 21.7 Å². The molecule has 13 heteroatoms. The Labute approximate surface area is 240 Å². The summed E-state index contributed by atoms with van der Waals surface area (Å²) < 4.78 is 20.7. The highest BCUT2D eigenvalue weighted by molar-refractivity contribution is 6.31. The van der Waals surface area contributed by atoms with Crippen LogP contribution in [0.2, 0.25) is 10.0 Å². The van der Waals surface area contributed by atoms with Crippen LogP contribution in [0.3, 0.4) is 0 Å². The Morgan fingerprint density at radius 2 is 1.70 bits per heavy atom. The summed E-state index contributed by atoms with van der Waals surface area (Å²) in [5.74, 6) is -1.03. The number of ether oxygens (including phenoxy) is 1. The summed E-state index contributed by atoms with van der Waals surface area (Å²) in [4.78, 5) is 50.3. The van der Waals surface area contributed by atoms with Gasteiger partial charge in [-0.05, 0) is 74.7 Å². The maximum Gasteiger partial charge on any atom is 0.407 e. The lowest BCUT2D eigenvalue weighted by molar-refractivity contribution is -0.121. The molecule has 1 aromatic heterocycles. The number of halogens is 3. The van der Waals surface area contributed by atoms with Crippen LogP contribution in [0.4, 0.5) is 9.18 Å². The number of nitrogens with zero attached hydrogens (tertiary/aromatic N) is 2. The Hall–Kier alpha value is -3.83. The van der Waals surface area contributed by atoms with E-state index in [9.17, 15) is 23.6 Å². The Morgan fingerprint density at radius 1 is 0.975 bits per heavy atom. The zero-order valence-corrected chi connectivity index (χ0v) is 24.0. The number of carbonyl (C=O) groups is 2. The smallest absolute Gasteiger partial charge is 0.407 e. The molecule has 2 amide bonds. The van der Waals surface area contributed by atoms with Crippen LogP contribution in [0.15, 0.2) is 52.1 Å². The van der Waals surface area contributed by atoms with Gasteiger partial charge in [0.05, 0.1) is 6.54 Å². The van der Waals surface area contributed by atoms with Gasteiger partial charge in [0.2, 0.25) is 5.91 Å². The number of carbonyl (C=O) groups excluding carboxylic acids is 2. The van der Waals surface area contributed by atoms with Crippen LogP contribution in [-0.2, 0) is 35.8 Å². The van der Waals surface area contributed by atoms with Crippen molar-refractivity contribution in [1.82, 2.24) is 19.9 Å². The lowest BCUT2D eigenvalue weighted by Crippen LogP contribution is -2.46. The van der Waals surface area contributed by atoms with Gasteiger partial charge >= 0.3 is 11.8 Å². The molecule has 214 valence electrons. The highest BCUT2D eigenvalue weighted by Crippen LogP contribution is 2.18. The summed E-state index contributed by atoms with van der Waals surface area (Å²) in [6.45, 7) is 6.52. The minimum absolute atomic E-state index is 0.0444. The molecular formula is C27H30Cl2FN5O5. The maximum atomic E-state index is 13.6. The first-order valence-corrected chi connectivity index (χ1v) is 13.0. The SMILES string of the molecule is Cc1cc(=O)n(NCc2cc(F)ccc2Cl)c(=O)n1CC(=O)NCc1cc(Cl)ccc1COC(=O)NC(C)(C)C. The molecule has 3 aromatic rings. The van der Waals surface area contributed by atoms with Crippen LogP contribution >= 0.6 is 23.2 Å². The lowest BCUT2D eigenvalue weighted by atomic mass is 10.1. The largest absolute Gasteiger partial charge is 0.445 e. The van der Waals surface area contributed by atoms with E-state index in [1.165, 1.54) is 31.2 Å². The highest BCUT2D eigenvalue weighted by Gasteiger charge is 2.16. The van der Waals surface area contributed by atoms with Crippen LogP contribution in [-0.4, -0.2) is 26.8 Å². The van der Waals surface area contributed by atoms with Crippen molar-refractivity contribution < 1.29 is 18.7 Å². The summed E-state index contributed by atoms with van der Waals surface area (Å²) in [7, 11) is 0. The van der Waals surface area contributed by atoms with Crippen molar-refractivity contribution in [2.24, 2.45) is 0 Å². The minimum Gasteiger partial charge on any atom is -0.445 e. The quantitative estimate of drug-likeness (QED) is 0.346. The second-order valence-corrected chi connectivity index (χ2v) is 10.9. The predicted octanol–water partition coefficient (Wildman–Crippen LogP) is 3.85. The van der Waals surface area contributed by atoms with Gasteiger partial charge in [-0.3, -0.25) is 14.2 Å². The highest BCUT2D eigenvalue weighted by atomic mass is 35.5. The average Bonchev–Trinajstić information content (AvgIpc) is 2.85. The number of aromatic nitrogens is 2. The van der Waals surface area contributed by atoms with Gasteiger partial charge in [0.1, 0.15) is 19.0 Å². The van der Waals surface area contributed by atoms with Gasteiger partial charge in [-0.2, -0.15) is 4.68 Å². The Morgan fingerprint density at radius 3 is 2.40 bits per heavy atom. The zero-order chi connectivity index (χ0) is 29.6. The fourth-order valence-electron chi connectivity index (χ4n) is 3.65. The van der Waals surface area contributed by atoms with E-state index in [4.69, 9.17) is 27.9 Å². The number of alkyl carbamates (subject to hydrolysis) is 1. The monoisotopic (exact) mass is 593 g/mol. The number of rotatable bonds is 9. The fourth-order valence-corrected chi connectivity index (χ4v) is 4.03. The molecule has 0 saturated heterocycles. The van der Waals surface area contributed by atoms with E-state index in [1.54, 1.807) is 18.2 Å². The van der Waals surface area contributed by atoms with E-state index in [0.717, 1.165) is 9.24 Å². The molecule has 1 heterocycles. The van der Waals surface area contributed by atoms with Crippen molar-refractivity contribution >= 4 is 35.2 Å². The standard InChI is InChI=1S/C27H30Cl2FN5O5/c1-16-9-24(37)35(32-13-19-11-21(30)7-8-22(19)29)26(39)34(16)14-23(36)31-12-18-10-20(28)6-5-17(18)15-40-25(38)33-27(2,3)4/h5-11,32H,12-15H2,1-4H3,(H,31,36)(H,33,38). The van der Waals surface area contributed by atoms with Crippen molar-refractivity contribution in [2.45, 2.75) is 59.5 Å². The predicted molar refractivity (Wildman–Crippen MR) is 151 cm³/mol.